The first kappa shape index (κ1) is 32.2. The molecule has 0 bridgehead atoms. The van der Waals surface area contributed by atoms with Gasteiger partial charge in [-0.2, -0.15) is 0 Å². The Bertz CT molecular complexity index is 932. The normalized spacial score (nSPS) is 17.9. The van der Waals surface area contributed by atoms with Crippen molar-refractivity contribution >= 4 is 5.97 Å². The molecular formula is C36H53FO3. The summed E-state index contributed by atoms with van der Waals surface area (Å²) in [4.78, 5) is 12.0. The molecule has 0 amide bonds. The van der Waals surface area contributed by atoms with Gasteiger partial charge in [-0.05, 0) is 86.1 Å². The molecule has 1 saturated carbocycles. The maximum Gasteiger partial charge on any atom is 0.340 e. The monoisotopic (exact) mass is 552 g/mol. The van der Waals surface area contributed by atoms with E-state index in [0.29, 0.717) is 5.92 Å². The molecule has 0 radical (unpaired) electrons. The number of rotatable bonds is 19. The lowest BCUT2D eigenvalue weighted by Gasteiger charge is -2.28. The van der Waals surface area contributed by atoms with Gasteiger partial charge in [-0.15, -0.1) is 0 Å². The second kappa shape index (κ2) is 18.9. The van der Waals surface area contributed by atoms with E-state index >= 15 is 0 Å². The van der Waals surface area contributed by atoms with E-state index in [0.717, 1.165) is 70.1 Å². The van der Waals surface area contributed by atoms with Gasteiger partial charge in [0.15, 0.2) is 6.17 Å². The summed E-state index contributed by atoms with van der Waals surface area (Å²) in [6.07, 6.45) is 16.9. The Labute approximate surface area is 243 Å². The molecule has 1 fully saturated rings. The maximum atomic E-state index is 13.9. The van der Waals surface area contributed by atoms with Crippen molar-refractivity contribution in [2.45, 2.75) is 135 Å². The first-order valence-electron chi connectivity index (χ1n) is 16.3. The third-order valence-electron chi connectivity index (χ3n) is 8.39. The van der Waals surface area contributed by atoms with E-state index < -0.39 is 12.1 Å². The smallest absolute Gasteiger partial charge is 0.340 e. The molecule has 40 heavy (non-hydrogen) atoms. The van der Waals surface area contributed by atoms with Gasteiger partial charge < -0.3 is 9.47 Å². The highest BCUT2D eigenvalue weighted by molar-refractivity contribution is 5.74. The van der Waals surface area contributed by atoms with Crippen molar-refractivity contribution in [2.24, 2.45) is 5.92 Å². The van der Waals surface area contributed by atoms with Crippen LogP contribution in [0.25, 0.3) is 11.1 Å². The van der Waals surface area contributed by atoms with Crippen molar-refractivity contribution in [3.63, 3.8) is 0 Å². The summed E-state index contributed by atoms with van der Waals surface area (Å²) in [5.74, 6) is 0.945. The maximum absolute atomic E-state index is 13.9. The van der Waals surface area contributed by atoms with Gasteiger partial charge >= 0.3 is 5.97 Å². The molecule has 0 saturated heterocycles. The minimum absolute atomic E-state index is 0.107. The van der Waals surface area contributed by atoms with Crippen LogP contribution in [0.5, 0.6) is 5.75 Å². The Kier molecular flexibility index (Phi) is 15.2. The van der Waals surface area contributed by atoms with Crippen molar-refractivity contribution < 1.29 is 18.7 Å². The molecule has 0 spiro atoms. The van der Waals surface area contributed by atoms with Crippen LogP contribution < -0.4 is 4.74 Å². The fourth-order valence-corrected chi connectivity index (χ4v) is 5.68. The molecule has 4 heteroatoms. The third kappa shape index (κ3) is 12.0. The van der Waals surface area contributed by atoms with Gasteiger partial charge in [0.05, 0.1) is 6.61 Å². The minimum atomic E-state index is -1.46. The molecule has 0 N–H and O–H groups in total. The Morgan fingerprint density at radius 2 is 1.35 bits per heavy atom. The summed E-state index contributed by atoms with van der Waals surface area (Å²) in [7, 11) is 0. The molecule has 0 aliphatic heterocycles. The molecule has 3 rings (SSSR count). The predicted molar refractivity (Wildman–Crippen MR) is 165 cm³/mol. The zero-order valence-electron chi connectivity index (χ0n) is 25.2. The quantitative estimate of drug-likeness (QED) is 0.128. The zero-order valence-corrected chi connectivity index (χ0v) is 25.2. The van der Waals surface area contributed by atoms with Crippen LogP contribution in [-0.2, 0) is 16.0 Å². The second-order valence-corrected chi connectivity index (χ2v) is 11.8. The highest BCUT2D eigenvalue weighted by Gasteiger charge is 2.27. The van der Waals surface area contributed by atoms with Gasteiger partial charge in [-0.1, -0.05) is 108 Å². The minimum Gasteiger partial charge on any atom is -0.494 e. The van der Waals surface area contributed by atoms with E-state index in [4.69, 9.17) is 9.47 Å². The van der Waals surface area contributed by atoms with E-state index in [1.54, 1.807) is 0 Å². The number of hydrogen-bond donors (Lipinski definition) is 0. The number of carbonyl (C=O) groups excluding carboxylic acids is 1. The molecule has 0 aromatic heterocycles. The molecular weight excluding hydrogens is 499 g/mol. The van der Waals surface area contributed by atoms with Gasteiger partial charge in [0.2, 0.25) is 0 Å². The zero-order chi connectivity index (χ0) is 28.4. The summed E-state index contributed by atoms with van der Waals surface area (Å²) in [6, 6.07) is 17.4. The fraction of sp³-hybridized carbons (Fsp3) is 0.639. The number of benzene rings is 2. The largest absolute Gasteiger partial charge is 0.494 e. The summed E-state index contributed by atoms with van der Waals surface area (Å²) >= 11 is 0. The highest BCUT2D eigenvalue weighted by Crippen LogP contribution is 2.31. The van der Waals surface area contributed by atoms with E-state index in [-0.39, 0.29) is 12.5 Å². The number of aryl methyl sites for hydroxylation is 1. The molecule has 3 nitrogen and oxygen atoms in total. The van der Waals surface area contributed by atoms with Crippen LogP contribution in [0.2, 0.25) is 0 Å². The van der Waals surface area contributed by atoms with E-state index in [2.05, 4.69) is 55.5 Å². The van der Waals surface area contributed by atoms with E-state index in [9.17, 15) is 9.18 Å². The average molecular weight is 553 g/mol. The van der Waals surface area contributed by atoms with Crippen molar-refractivity contribution in [1.82, 2.24) is 0 Å². The molecule has 222 valence electrons. The average Bonchev–Trinajstić information content (AvgIpc) is 2.99. The lowest BCUT2D eigenvalue weighted by atomic mass is 9.83. The van der Waals surface area contributed by atoms with Crippen LogP contribution in [0.1, 0.15) is 122 Å². The third-order valence-corrected chi connectivity index (χ3v) is 8.39. The predicted octanol–water partition coefficient (Wildman–Crippen LogP) is 10.4. The molecule has 1 atom stereocenters. The van der Waals surface area contributed by atoms with Crippen LogP contribution in [0.4, 0.5) is 4.39 Å². The van der Waals surface area contributed by atoms with Crippen molar-refractivity contribution in [3.05, 3.63) is 54.1 Å². The molecule has 2 aromatic carbocycles. The molecule has 0 heterocycles. The summed E-state index contributed by atoms with van der Waals surface area (Å²) in [5, 5.41) is 0. The first-order chi connectivity index (χ1) is 19.6. The number of ether oxygens (including phenoxy) is 2. The van der Waals surface area contributed by atoms with E-state index in [1.807, 2.05) is 6.92 Å². The lowest BCUT2D eigenvalue weighted by molar-refractivity contribution is -0.157. The topological polar surface area (TPSA) is 35.5 Å². The number of alkyl halides is 1. The van der Waals surface area contributed by atoms with Crippen LogP contribution in [0.15, 0.2) is 48.5 Å². The van der Waals surface area contributed by atoms with Gasteiger partial charge in [0.1, 0.15) is 11.9 Å². The Balaban J connectivity index is 1.30. The number of halogens is 1. The lowest BCUT2D eigenvalue weighted by Crippen LogP contribution is -2.29. The Morgan fingerprint density at radius 3 is 1.98 bits per heavy atom. The van der Waals surface area contributed by atoms with Gasteiger partial charge in [0.25, 0.3) is 0 Å². The second-order valence-electron chi connectivity index (χ2n) is 11.8. The Morgan fingerprint density at radius 1 is 0.775 bits per heavy atom. The van der Waals surface area contributed by atoms with Crippen molar-refractivity contribution in [2.75, 3.05) is 6.61 Å². The SMILES string of the molecule is CCCCCCCCCCOc1ccc(-c2ccc(CC[C@H]3CC[C@H](OC(=O)[C@@H](F)CCCC)CC3)cc2)cc1. The first-order valence-corrected chi connectivity index (χ1v) is 16.3. The standard InChI is InChI=1S/C36H53FO3/c1-3-5-7-8-9-10-11-12-28-39-33-26-22-32(23-27-33)31-20-16-29(17-21-31)14-15-30-18-24-34(25-19-30)40-36(38)35(37)13-6-4-2/h16-17,20-23,26-27,30,34-35H,3-15,18-19,24-25,28H2,1-2H3/t30-,34-,35-/m0/s1. The molecule has 0 unspecified atom stereocenters. The summed E-state index contributed by atoms with van der Waals surface area (Å²) < 4.78 is 25.3. The van der Waals surface area contributed by atoms with Gasteiger partial charge in [-0.25, -0.2) is 9.18 Å². The molecule has 1 aliphatic rings. The Hall–Kier alpha value is -2.36. The van der Waals surface area contributed by atoms with Gasteiger partial charge in [0, 0.05) is 0 Å². The van der Waals surface area contributed by atoms with Crippen LogP contribution in [0, 0.1) is 5.92 Å². The van der Waals surface area contributed by atoms with Gasteiger partial charge in [-0.3, -0.25) is 0 Å². The summed E-state index contributed by atoms with van der Waals surface area (Å²) in [6.45, 7) is 5.06. The highest BCUT2D eigenvalue weighted by atomic mass is 19.1. The van der Waals surface area contributed by atoms with Crippen molar-refractivity contribution in [1.29, 1.82) is 0 Å². The number of carbonyl (C=O) groups is 1. The summed E-state index contributed by atoms with van der Waals surface area (Å²) in [5.41, 5.74) is 3.80. The van der Waals surface area contributed by atoms with E-state index in [1.165, 1.54) is 61.6 Å². The van der Waals surface area contributed by atoms with Crippen LogP contribution in [0.3, 0.4) is 0 Å². The number of esters is 1. The fourth-order valence-electron chi connectivity index (χ4n) is 5.68. The number of hydrogen-bond acceptors (Lipinski definition) is 3. The van der Waals surface area contributed by atoms with Crippen LogP contribution in [-0.4, -0.2) is 24.9 Å². The molecule has 1 aliphatic carbocycles. The number of unbranched alkanes of at least 4 members (excludes halogenated alkanes) is 8. The van der Waals surface area contributed by atoms with Crippen LogP contribution >= 0.6 is 0 Å². The molecule has 2 aromatic rings. The van der Waals surface area contributed by atoms with Crippen molar-refractivity contribution in [3.8, 4) is 16.9 Å².